The molecule has 1 amide bonds. The standard InChI is InChI=1S/C17H32NO7P/c1-12(2)16(20)24-13(3)25-17(21)18-15(19)9-10-26(22,23)11-14-7-5-4-6-8-14/h12-15,19H,4-11H2,1-3H3,(H,18,21)(H,22,23). The number of carbonyl (C=O) groups excluding carboxylic acids is 2. The summed E-state index contributed by atoms with van der Waals surface area (Å²) in [5.41, 5.74) is 0. The molecule has 1 saturated carbocycles. The molecule has 0 heterocycles. The van der Waals surface area contributed by atoms with Gasteiger partial charge in [-0.25, -0.2) is 4.79 Å². The SMILES string of the molecule is CC(OC(=O)NC(O)CCP(=O)(O)CC1CCCCC1)OC(=O)C(C)C. The molecule has 152 valence electrons. The monoisotopic (exact) mass is 393 g/mol. The van der Waals surface area contributed by atoms with E-state index in [-0.39, 0.29) is 30.6 Å². The highest BCUT2D eigenvalue weighted by Crippen LogP contribution is 2.46. The first-order valence-electron chi connectivity index (χ1n) is 9.25. The number of nitrogens with one attached hydrogen (secondary N) is 1. The lowest BCUT2D eigenvalue weighted by Gasteiger charge is -2.24. The smallest absolute Gasteiger partial charge is 0.412 e. The number of hydrogen-bond donors (Lipinski definition) is 3. The Morgan fingerprint density at radius 2 is 1.77 bits per heavy atom. The fraction of sp³-hybridized carbons (Fsp3) is 0.882. The van der Waals surface area contributed by atoms with Crippen LogP contribution in [0.5, 0.6) is 0 Å². The number of aliphatic hydroxyl groups is 1. The van der Waals surface area contributed by atoms with Gasteiger partial charge in [-0.05, 0) is 18.8 Å². The molecule has 0 aromatic heterocycles. The molecule has 1 aliphatic rings. The number of carbonyl (C=O) groups is 2. The van der Waals surface area contributed by atoms with E-state index in [2.05, 4.69) is 5.32 Å². The largest absolute Gasteiger partial charge is 0.425 e. The first-order valence-corrected chi connectivity index (χ1v) is 11.3. The van der Waals surface area contributed by atoms with Crippen molar-refractivity contribution < 1.29 is 33.6 Å². The second kappa shape index (κ2) is 10.9. The van der Waals surface area contributed by atoms with Crippen LogP contribution in [0.3, 0.4) is 0 Å². The summed E-state index contributed by atoms with van der Waals surface area (Å²) in [5, 5.41) is 12.0. The second-order valence-electron chi connectivity index (χ2n) is 7.27. The Bertz CT molecular complexity index is 505. The van der Waals surface area contributed by atoms with E-state index in [0.29, 0.717) is 0 Å². The van der Waals surface area contributed by atoms with Crippen LogP contribution in [-0.4, -0.2) is 46.9 Å². The quantitative estimate of drug-likeness (QED) is 0.313. The van der Waals surface area contributed by atoms with Gasteiger partial charge in [-0.3, -0.25) is 14.7 Å². The molecular formula is C17H32NO7P. The minimum absolute atomic E-state index is 0.0459. The summed E-state index contributed by atoms with van der Waals surface area (Å²) >= 11 is 0. The molecule has 1 rings (SSSR count). The van der Waals surface area contributed by atoms with Gasteiger partial charge in [0.05, 0.1) is 5.92 Å². The summed E-state index contributed by atoms with van der Waals surface area (Å²) in [7, 11) is -3.34. The third-order valence-corrected chi connectivity index (χ3v) is 6.38. The van der Waals surface area contributed by atoms with E-state index in [4.69, 9.17) is 9.47 Å². The zero-order chi connectivity index (χ0) is 19.7. The average Bonchev–Trinajstić information content (AvgIpc) is 2.53. The van der Waals surface area contributed by atoms with Crippen LogP contribution in [0.1, 0.15) is 59.3 Å². The molecule has 3 atom stereocenters. The summed E-state index contributed by atoms with van der Waals surface area (Å²) < 4.78 is 22.0. The topological polar surface area (TPSA) is 122 Å². The van der Waals surface area contributed by atoms with Crippen molar-refractivity contribution in [3.8, 4) is 0 Å². The first kappa shape index (κ1) is 22.9. The van der Waals surface area contributed by atoms with Gasteiger partial charge in [0, 0.05) is 25.7 Å². The minimum Gasteiger partial charge on any atom is -0.425 e. The minimum atomic E-state index is -3.34. The number of hydrogen-bond acceptors (Lipinski definition) is 6. The molecule has 0 aromatic rings. The maximum Gasteiger partial charge on any atom is 0.412 e. The number of aliphatic hydroxyl groups excluding tert-OH is 1. The maximum absolute atomic E-state index is 12.3. The number of alkyl carbamates (subject to hydrolysis) is 1. The highest BCUT2D eigenvalue weighted by Gasteiger charge is 2.27. The lowest BCUT2D eigenvalue weighted by molar-refractivity contribution is -0.168. The Morgan fingerprint density at radius 3 is 2.35 bits per heavy atom. The molecule has 0 bridgehead atoms. The Morgan fingerprint density at radius 1 is 1.15 bits per heavy atom. The van der Waals surface area contributed by atoms with Crippen molar-refractivity contribution in [3.05, 3.63) is 0 Å². The van der Waals surface area contributed by atoms with Crippen molar-refractivity contribution in [2.24, 2.45) is 11.8 Å². The predicted octanol–water partition coefficient (Wildman–Crippen LogP) is 2.82. The van der Waals surface area contributed by atoms with Gasteiger partial charge in [0.1, 0.15) is 6.23 Å². The maximum atomic E-state index is 12.3. The zero-order valence-electron chi connectivity index (χ0n) is 15.8. The van der Waals surface area contributed by atoms with Crippen molar-refractivity contribution >= 4 is 19.4 Å². The molecule has 1 aliphatic carbocycles. The molecule has 26 heavy (non-hydrogen) atoms. The molecule has 3 N–H and O–H groups in total. The molecule has 9 heteroatoms. The second-order valence-corrected chi connectivity index (χ2v) is 9.77. The number of rotatable bonds is 9. The van der Waals surface area contributed by atoms with E-state index in [1.165, 1.54) is 13.3 Å². The van der Waals surface area contributed by atoms with Gasteiger partial charge in [-0.1, -0.05) is 33.1 Å². The summed E-state index contributed by atoms with van der Waals surface area (Å²) in [4.78, 5) is 33.1. The molecule has 0 radical (unpaired) electrons. The molecule has 8 nitrogen and oxygen atoms in total. The lowest BCUT2D eigenvalue weighted by Crippen LogP contribution is -2.38. The van der Waals surface area contributed by atoms with Crippen LogP contribution in [0.25, 0.3) is 0 Å². The predicted molar refractivity (Wildman–Crippen MR) is 96.8 cm³/mol. The fourth-order valence-corrected chi connectivity index (χ4v) is 4.91. The zero-order valence-corrected chi connectivity index (χ0v) is 16.7. The first-order chi connectivity index (χ1) is 12.1. The number of esters is 1. The Balaban J connectivity index is 2.29. The highest BCUT2D eigenvalue weighted by atomic mass is 31.2. The molecule has 3 unspecified atom stereocenters. The van der Waals surface area contributed by atoms with E-state index >= 15 is 0 Å². The Kier molecular flexibility index (Phi) is 9.61. The van der Waals surface area contributed by atoms with Crippen LogP contribution in [0.2, 0.25) is 0 Å². The van der Waals surface area contributed by atoms with Crippen molar-refractivity contribution in [3.63, 3.8) is 0 Å². The van der Waals surface area contributed by atoms with Crippen LogP contribution >= 0.6 is 7.37 Å². The van der Waals surface area contributed by atoms with Gasteiger partial charge in [0.15, 0.2) is 0 Å². The van der Waals surface area contributed by atoms with Crippen molar-refractivity contribution in [1.29, 1.82) is 0 Å². The van der Waals surface area contributed by atoms with Gasteiger partial charge in [0.25, 0.3) is 0 Å². The molecule has 0 saturated heterocycles. The van der Waals surface area contributed by atoms with E-state index in [1.807, 2.05) is 0 Å². The van der Waals surface area contributed by atoms with Gasteiger partial charge < -0.3 is 19.5 Å². The van der Waals surface area contributed by atoms with E-state index in [0.717, 1.165) is 25.7 Å². The lowest BCUT2D eigenvalue weighted by atomic mass is 9.91. The summed E-state index contributed by atoms with van der Waals surface area (Å²) in [6, 6.07) is 0. The van der Waals surface area contributed by atoms with Crippen molar-refractivity contribution in [2.45, 2.75) is 71.8 Å². The van der Waals surface area contributed by atoms with E-state index < -0.39 is 31.9 Å². The van der Waals surface area contributed by atoms with E-state index in [9.17, 15) is 24.2 Å². The Labute approximate surface area is 155 Å². The summed E-state index contributed by atoms with van der Waals surface area (Å²) in [5.74, 6) is -0.585. The van der Waals surface area contributed by atoms with Crippen LogP contribution in [0, 0.1) is 11.8 Å². The van der Waals surface area contributed by atoms with Gasteiger partial charge in [-0.15, -0.1) is 0 Å². The van der Waals surface area contributed by atoms with E-state index in [1.54, 1.807) is 13.8 Å². The molecule has 1 fully saturated rings. The highest BCUT2D eigenvalue weighted by molar-refractivity contribution is 7.58. The summed E-state index contributed by atoms with van der Waals surface area (Å²) in [6.45, 7) is 4.69. The van der Waals surface area contributed by atoms with Crippen molar-refractivity contribution in [2.75, 3.05) is 12.3 Å². The Hall–Kier alpha value is -1.11. The summed E-state index contributed by atoms with van der Waals surface area (Å²) in [6.07, 6.45) is 2.14. The third-order valence-electron chi connectivity index (χ3n) is 4.33. The third kappa shape index (κ3) is 9.55. The van der Waals surface area contributed by atoms with Crippen LogP contribution in [-0.2, 0) is 18.8 Å². The number of ether oxygens (including phenoxy) is 2. The van der Waals surface area contributed by atoms with Crippen LogP contribution < -0.4 is 5.32 Å². The molecular weight excluding hydrogens is 361 g/mol. The normalized spacial score (nSPS) is 20.1. The fourth-order valence-electron chi connectivity index (χ4n) is 2.91. The van der Waals surface area contributed by atoms with Gasteiger partial charge in [0.2, 0.25) is 13.7 Å². The van der Waals surface area contributed by atoms with Crippen LogP contribution in [0.4, 0.5) is 4.79 Å². The molecule has 0 aromatic carbocycles. The van der Waals surface area contributed by atoms with Crippen LogP contribution in [0.15, 0.2) is 0 Å². The number of amides is 1. The molecule has 0 aliphatic heterocycles. The van der Waals surface area contributed by atoms with Gasteiger partial charge in [-0.2, -0.15) is 0 Å². The van der Waals surface area contributed by atoms with Gasteiger partial charge >= 0.3 is 12.1 Å². The van der Waals surface area contributed by atoms with Crippen molar-refractivity contribution in [1.82, 2.24) is 5.32 Å². The average molecular weight is 393 g/mol. The molecule has 0 spiro atoms.